The maximum atomic E-state index is 15.0. The first-order valence-corrected chi connectivity index (χ1v) is 32.0. The molecule has 6 aliphatic rings. The fraction of sp³-hybridized carbons (Fsp3) is 0.400. The predicted octanol–water partition coefficient (Wildman–Crippen LogP) is 15.7. The number of nitrogens with two attached hydrogens (primary N) is 1. The molecule has 16 nitrogen and oxygen atoms in total. The molecule has 2 N–H and O–H groups in total. The lowest BCUT2D eigenvalue weighted by Gasteiger charge is -2.45. The van der Waals surface area contributed by atoms with Gasteiger partial charge in [-0.2, -0.15) is 15.8 Å². The summed E-state index contributed by atoms with van der Waals surface area (Å²) in [7, 11) is 0. The number of azide groups is 1. The Bertz CT molecular complexity index is 4310. The van der Waals surface area contributed by atoms with Crippen LogP contribution in [-0.2, 0) is 28.6 Å². The van der Waals surface area contributed by atoms with E-state index in [0.717, 1.165) is 50.1 Å². The van der Waals surface area contributed by atoms with E-state index >= 15 is 0 Å². The van der Waals surface area contributed by atoms with Crippen molar-refractivity contribution in [2.24, 2.45) is 70.0 Å². The minimum Gasteiger partial charge on any atom is -0.462 e. The van der Waals surface area contributed by atoms with Crippen LogP contribution in [0.2, 0.25) is 0 Å². The van der Waals surface area contributed by atoms with E-state index in [1.54, 1.807) is 101 Å². The van der Waals surface area contributed by atoms with Gasteiger partial charge in [0.25, 0.3) is 17.8 Å². The number of allylic oxidation sites excluding steroid dienone is 3. The van der Waals surface area contributed by atoms with Crippen molar-refractivity contribution in [3.8, 4) is 51.6 Å². The zero-order valence-electron chi connectivity index (χ0n) is 54.8. The number of rotatable bonds is 10. The minimum atomic E-state index is -3.22. The summed E-state index contributed by atoms with van der Waals surface area (Å²) in [4.78, 5) is 52.8. The summed E-state index contributed by atoms with van der Waals surface area (Å²) in [5.74, 6) is -18.6. The number of fused-ring (bicyclic) bond motifs is 3. The Kier molecular flexibility index (Phi) is 19.7. The van der Waals surface area contributed by atoms with Gasteiger partial charge in [0.05, 0.1) is 39.7 Å². The molecule has 22 heteroatoms. The number of ether oxygens (including phenoxy) is 3. The summed E-state index contributed by atoms with van der Waals surface area (Å²) in [5, 5.41) is 31.9. The summed E-state index contributed by atoms with van der Waals surface area (Å²) in [6.45, 7) is 15.2. The highest BCUT2D eigenvalue weighted by Gasteiger charge is 2.69. The van der Waals surface area contributed by atoms with Gasteiger partial charge in [-0.15, -0.1) is 0 Å². The van der Waals surface area contributed by atoms with Crippen LogP contribution >= 0.6 is 0 Å². The lowest BCUT2D eigenvalue weighted by Crippen LogP contribution is -2.62. The quantitative estimate of drug-likeness (QED) is 0.0334. The first kappa shape index (κ1) is 69.9. The molecule has 12 rings (SSSR count). The molecule has 6 fully saturated rings. The van der Waals surface area contributed by atoms with Gasteiger partial charge in [-0.3, -0.25) is 29.3 Å². The SMILES string of the molecule is Cc1cccc(-c2ccc(/C=C/[C@@H]3[C@@H]4[C@@H](C)OC(=O)[C@@H]4CC(F)(F)[C@H]3C)nc2)c1C#N.Cc1cccc(-c2ccc(/C=C/[C@@H]3[C@@H]4[C@@H](C)OC(=O)[C@]4(N)CC(F)(F)[C@H]3C)nc2)c1C#N.Cc1cccc(-c2ccc(/C=C/[C@@H]3[C@@H]4[C@@H](C)OC(=O)[C@]4(N=[N+]=[N-])CC(F)(F)[C@H]3C)nc2)c1C#N. The Labute approximate surface area is 558 Å². The van der Waals surface area contributed by atoms with Crippen LogP contribution in [0.15, 0.2) is 133 Å². The lowest BCUT2D eigenvalue weighted by molar-refractivity contribution is -0.155. The smallest absolute Gasteiger partial charge is 0.327 e. The average Bonchev–Trinajstić information content (AvgIpc) is 1.62. The number of aromatic nitrogens is 3. The molecule has 0 bridgehead atoms. The first-order valence-electron chi connectivity index (χ1n) is 32.0. The lowest BCUT2D eigenvalue weighted by atomic mass is 9.61. The fourth-order valence-corrected chi connectivity index (χ4v) is 15.3. The Balaban J connectivity index is 0.000000158. The number of nitriles is 3. The van der Waals surface area contributed by atoms with Crippen molar-refractivity contribution in [1.29, 1.82) is 15.8 Å². The van der Waals surface area contributed by atoms with Crippen molar-refractivity contribution in [3.05, 3.63) is 189 Å². The molecule has 0 unspecified atom stereocenters. The second-order valence-electron chi connectivity index (χ2n) is 26.5. The van der Waals surface area contributed by atoms with E-state index in [4.69, 9.17) is 25.5 Å². The molecule has 3 aromatic carbocycles. The molecule has 500 valence electrons. The number of benzene rings is 3. The van der Waals surface area contributed by atoms with Crippen molar-refractivity contribution >= 4 is 36.1 Å². The summed E-state index contributed by atoms with van der Waals surface area (Å²) in [6.07, 6.45) is 11.4. The third-order valence-corrected chi connectivity index (χ3v) is 20.8. The van der Waals surface area contributed by atoms with Crippen LogP contribution in [0.25, 0.3) is 62.1 Å². The molecular weight excluding hydrogens is 1250 g/mol. The molecule has 0 radical (unpaired) electrons. The zero-order chi connectivity index (χ0) is 70.3. The van der Waals surface area contributed by atoms with E-state index < -0.39 is 131 Å². The van der Waals surface area contributed by atoms with Gasteiger partial charge in [-0.25, -0.2) is 26.3 Å². The maximum Gasteiger partial charge on any atom is 0.327 e. The van der Waals surface area contributed by atoms with Crippen molar-refractivity contribution in [3.63, 3.8) is 0 Å². The highest BCUT2D eigenvalue weighted by molar-refractivity contribution is 5.85. The number of hydrogen-bond donors (Lipinski definition) is 1. The third-order valence-electron chi connectivity index (χ3n) is 20.8. The molecule has 97 heavy (non-hydrogen) atoms. The maximum absolute atomic E-state index is 15.0. The number of pyridine rings is 3. The van der Waals surface area contributed by atoms with Crippen LogP contribution < -0.4 is 5.73 Å². The van der Waals surface area contributed by atoms with Gasteiger partial charge in [-0.05, 0) is 118 Å². The van der Waals surface area contributed by atoms with Gasteiger partial charge in [0.15, 0.2) is 5.54 Å². The number of nitrogens with zero attached hydrogens (tertiary/aromatic N) is 9. The molecule has 6 heterocycles. The van der Waals surface area contributed by atoms with Crippen LogP contribution in [0.5, 0.6) is 0 Å². The average molecular weight is 1320 g/mol. The monoisotopic (exact) mass is 1320 g/mol. The van der Waals surface area contributed by atoms with Gasteiger partial charge >= 0.3 is 17.9 Å². The largest absolute Gasteiger partial charge is 0.462 e. The number of aryl methyl sites for hydroxylation is 3. The highest BCUT2D eigenvalue weighted by Crippen LogP contribution is 2.58. The van der Waals surface area contributed by atoms with Crippen LogP contribution in [0.3, 0.4) is 0 Å². The van der Waals surface area contributed by atoms with E-state index in [1.165, 1.54) is 13.8 Å². The Morgan fingerprint density at radius 2 is 0.928 bits per heavy atom. The van der Waals surface area contributed by atoms with Gasteiger partial charge in [0.1, 0.15) is 42.1 Å². The van der Waals surface area contributed by atoms with E-state index in [2.05, 4.69) is 43.2 Å². The van der Waals surface area contributed by atoms with Crippen LogP contribution in [-0.4, -0.2) is 80.0 Å². The van der Waals surface area contributed by atoms with Crippen LogP contribution in [0.1, 0.15) is 111 Å². The molecule has 0 amide bonds. The number of hydrogen-bond acceptors (Lipinski definition) is 14. The summed E-state index contributed by atoms with van der Waals surface area (Å²) in [6, 6.07) is 34.4. The molecule has 0 spiro atoms. The molecule has 3 aromatic heterocycles. The molecule has 3 aliphatic heterocycles. The summed E-state index contributed by atoms with van der Waals surface area (Å²) >= 11 is 0. The number of esters is 3. The van der Waals surface area contributed by atoms with Gasteiger partial charge < -0.3 is 19.9 Å². The standard InChI is InChI=1S/C25H23F2N5O2.C25H25F2N3O2.C25H24F2N2O2/c1-14-5-4-6-20(21(14)11-28)17-7-8-18(30-12-17)9-10-19-15(2)25(26,27)13-24(31-32-29)22(19)16(3)34-23(24)33;1-14-5-4-6-20(21(14)11-28)17-7-8-18(30-12-17)9-10-19-15(2)25(26,27)13-24(29)22(19)16(3)32-23(24)31;1-14-5-4-6-20(22(14)12-28)17-7-8-18(29-13-17)9-10-19-15(2)25(26,27)11-21-23(19)16(3)31-24(21)30/h4-10,12,15-16,19,22H,13H2,1-3H3;4-10,12,15-16,19,22H,13,29H2,1-3H3;4-10,13,15-16,19,21,23H,11H2,1-3H3/b3*10-9+/t2*15-,16+,19-,22-,24-;15-,16+,19-,21+,23-/m000/s1. The van der Waals surface area contributed by atoms with Crippen molar-refractivity contribution in [2.75, 3.05) is 0 Å². The van der Waals surface area contributed by atoms with Crippen molar-refractivity contribution in [1.82, 2.24) is 15.0 Å². The molecule has 6 aromatic rings. The molecule has 3 saturated carbocycles. The zero-order valence-corrected chi connectivity index (χ0v) is 54.8. The van der Waals surface area contributed by atoms with E-state index in [1.807, 2.05) is 93.6 Å². The van der Waals surface area contributed by atoms with E-state index in [0.29, 0.717) is 33.8 Å². The summed E-state index contributed by atoms with van der Waals surface area (Å²) in [5.41, 5.74) is 22.5. The van der Waals surface area contributed by atoms with Crippen LogP contribution in [0, 0.1) is 114 Å². The normalized spacial score (nSPS) is 30.1. The van der Waals surface area contributed by atoms with Gasteiger partial charge in [0.2, 0.25) is 0 Å². The predicted molar refractivity (Wildman–Crippen MR) is 351 cm³/mol. The number of carbonyl (C=O) groups is 3. The Hall–Kier alpha value is -9.94. The Morgan fingerprint density at radius 1 is 0.536 bits per heavy atom. The van der Waals surface area contributed by atoms with Crippen molar-refractivity contribution < 1.29 is 54.9 Å². The number of carbonyl (C=O) groups excluding carboxylic acids is 3. The van der Waals surface area contributed by atoms with Gasteiger partial charge in [0, 0.05) is 112 Å². The molecule has 3 aliphatic carbocycles. The number of alkyl halides is 6. The van der Waals surface area contributed by atoms with E-state index in [9.17, 15) is 56.5 Å². The third kappa shape index (κ3) is 13.3. The van der Waals surface area contributed by atoms with Crippen molar-refractivity contribution in [2.45, 2.75) is 129 Å². The Morgan fingerprint density at radius 3 is 1.34 bits per heavy atom. The second-order valence-corrected chi connectivity index (χ2v) is 26.5. The molecule has 15 atom stereocenters. The molecular formula is C75H72F6N10O6. The summed E-state index contributed by atoms with van der Waals surface area (Å²) < 4.78 is 104. The topological polar surface area (TPSA) is 264 Å². The highest BCUT2D eigenvalue weighted by atomic mass is 19.3. The van der Waals surface area contributed by atoms with Crippen LogP contribution in [0.4, 0.5) is 26.3 Å². The number of halogens is 6. The second kappa shape index (κ2) is 27.3. The van der Waals surface area contributed by atoms with Gasteiger partial charge in [-0.1, -0.05) is 117 Å². The number of cyclic esters (lactones) is 3. The fourth-order valence-electron chi connectivity index (χ4n) is 15.3. The minimum absolute atomic E-state index is 0.261. The van der Waals surface area contributed by atoms with E-state index in [-0.39, 0.29) is 12.0 Å². The molecule has 3 saturated heterocycles. The first-order chi connectivity index (χ1) is 45.9.